The van der Waals surface area contributed by atoms with Crippen molar-refractivity contribution in [3.05, 3.63) is 71.8 Å². The summed E-state index contributed by atoms with van der Waals surface area (Å²) in [6.45, 7) is 3.72. The highest BCUT2D eigenvalue weighted by Gasteiger charge is 2.23. The lowest BCUT2D eigenvalue weighted by Gasteiger charge is -2.32. The van der Waals surface area contributed by atoms with Gasteiger partial charge < -0.3 is 15.0 Å². The minimum absolute atomic E-state index is 0.0656. The maximum absolute atomic E-state index is 12.4. The smallest absolute Gasteiger partial charge is 0.317 e. The van der Waals surface area contributed by atoms with Crippen molar-refractivity contribution < 1.29 is 9.53 Å². The van der Waals surface area contributed by atoms with Crippen molar-refractivity contribution in [1.82, 2.24) is 10.2 Å². The topological polar surface area (TPSA) is 41.6 Å². The van der Waals surface area contributed by atoms with Crippen LogP contribution in [0.2, 0.25) is 0 Å². The molecule has 1 heterocycles. The van der Waals surface area contributed by atoms with Gasteiger partial charge in [0, 0.05) is 25.6 Å². The second kappa shape index (κ2) is 10.7. The third-order valence-electron chi connectivity index (χ3n) is 5.03. The molecule has 1 aliphatic heterocycles. The SMILES string of the molecule is O=C(NCCCc1ccccc1)N1CCCC(COCc2ccccc2)C1. The molecule has 27 heavy (non-hydrogen) atoms. The van der Waals surface area contributed by atoms with Gasteiger partial charge in [0.25, 0.3) is 0 Å². The van der Waals surface area contributed by atoms with Crippen molar-refractivity contribution in [2.45, 2.75) is 32.3 Å². The number of carbonyl (C=O) groups is 1. The third kappa shape index (κ3) is 6.72. The van der Waals surface area contributed by atoms with Gasteiger partial charge in [0.1, 0.15) is 0 Å². The van der Waals surface area contributed by atoms with E-state index in [1.165, 1.54) is 11.1 Å². The molecule has 1 saturated heterocycles. The highest BCUT2D eigenvalue weighted by atomic mass is 16.5. The quantitative estimate of drug-likeness (QED) is 0.709. The van der Waals surface area contributed by atoms with Gasteiger partial charge in [-0.2, -0.15) is 0 Å². The van der Waals surface area contributed by atoms with Gasteiger partial charge in [-0.1, -0.05) is 60.7 Å². The molecule has 0 bridgehead atoms. The van der Waals surface area contributed by atoms with E-state index in [1.807, 2.05) is 29.2 Å². The number of piperidine rings is 1. The van der Waals surface area contributed by atoms with Gasteiger partial charge in [0.2, 0.25) is 0 Å². The first-order chi connectivity index (χ1) is 13.3. The Morgan fingerprint density at radius 1 is 1.04 bits per heavy atom. The molecule has 0 saturated carbocycles. The van der Waals surface area contributed by atoms with E-state index < -0.39 is 0 Å². The molecule has 1 atom stereocenters. The summed E-state index contributed by atoms with van der Waals surface area (Å²) >= 11 is 0. The van der Waals surface area contributed by atoms with E-state index in [-0.39, 0.29) is 6.03 Å². The molecule has 2 aromatic rings. The molecule has 2 amide bonds. The average Bonchev–Trinajstić information content (AvgIpc) is 2.73. The second-order valence-corrected chi connectivity index (χ2v) is 7.28. The van der Waals surface area contributed by atoms with Crippen molar-refractivity contribution in [1.29, 1.82) is 0 Å². The van der Waals surface area contributed by atoms with Crippen LogP contribution >= 0.6 is 0 Å². The number of ether oxygens (including phenoxy) is 1. The number of benzene rings is 2. The van der Waals surface area contributed by atoms with Crippen molar-refractivity contribution in [3.8, 4) is 0 Å². The zero-order chi connectivity index (χ0) is 18.7. The van der Waals surface area contributed by atoms with Gasteiger partial charge in [-0.05, 0) is 36.8 Å². The molecule has 1 unspecified atom stereocenters. The standard InChI is InChI=1S/C23H30N2O2/c26-23(24-15-7-13-20-9-3-1-4-10-20)25-16-8-14-22(17-25)19-27-18-21-11-5-2-6-12-21/h1-6,9-12,22H,7-8,13-19H2,(H,24,26). The highest BCUT2D eigenvalue weighted by molar-refractivity contribution is 5.74. The molecule has 0 radical (unpaired) electrons. The summed E-state index contributed by atoms with van der Waals surface area (Å²) in [6, 6.07) is 20.7. The number of hydrogen-bond acceptors (Lipinski definition) is 2. The lowest BCUT2D eigenvalue weighted by atomic mass is 9.99. The predicted octanol–water partition coefficient (Wildman–Crippen LogP) is 4.26. The number of carbonyl (C=O) groups excluding carboxylic acids is 1. The number of likely N-dealkylation sites (tertiary alicyclic amines) is 1. The number of urea groups is 1. The molecule has 3 rings (SSSR count). The Morgan fingerprint density at radius 3 is 2.48 bits per heavy atom. The first kappa shape index (κ1) is 19.4. The first-order valence-corrected chi connectivity index (χ1v) is 9.99. The molecule has 1 fully saturated rings. The lowest BCUT2D eigenvalue weighted by molar-refractivity contribution is 0.0591. The summed E-state index contributed by atoms with van der Waals surface area (Å²) in [4.78, 5) is 14.4. The van der Waals surface area contributed by atoms with Crippen molar-refractivity contribution in [3.63, 3.8) is 0 Å². The largest absolute Gasteiger partial charge is 0.376 e. The van der Waals surface area contributed by atoms with Crippen molar-refractivity contribution >= 4 is 6.03 Å². The molecule has 0 spiro atoms. The molecular formula is C23H30N2O2. The molecule has 0 aromatic heterocycles. The Balaban J connectivity index is 1.32. The van der Waals surface area contributed by atoms with Crippen LogP contribution in [-0.2, 0) is 17.8 Å². The maximum atomic E-state index is 12.4. The van der Waals surface area contributed by atoms with Gasteiger partial charge in [-0.25, -0.2) is 4.79 Å². The monoisotopic (exact) mass is 366 g/mol. The first-order valence-electron chi connectivity index (χ1n) is 9.99. The molecule has 1 N–H and O–H groups in total. The zero-order valence-electron chi connectivity index (χ0n) is 16.0. The summed E-state index contributed by atoms with van der Waals surface area (Å²) in [5, 5.41) is 3.07. The minimum Gasteiger partial charge on any atom is -0.376 e. The Bertz CT molecular complexity index is 675. The normalized spacial score (nSPS) is 16.9. The van der Waals surface area contributed by atoms with Crippen LogP contribution in [-0.4, -0.2) is 37.2 Å². The molecular weight excluding hydrogens is 336 g/mol. The van der Waals surface area contributed by atoms with Crippen LogP contribution in [0.15, 0.2) is 60.7 Å². The van der Waals surface area contributed by atoms with Crippen LogP contribution in [0.1, 0.15) is 30.4 Å². The van der Waals surface area contributed by atoms with E-state index in [0.717, 1.165) is 45.3 Å². The summed E-state index contributed by atoms with van der Waals surface area (Å²) < 4.78 is 5.88. The Kier molecular flexibility index (Phi) is 7.72. The minimum atomic E-state index is 0.0656. The Labute approximate surface area is 162 Å². The second-order valence-electron chi connectivity index (χ2n) is 7.28. The molecule has 4 nitrogen and oxygen atoms in total. The van der Waals surface area contributed by atoms with Crippen LogP contribution in [0, 0.1) is 5.92 Å². The van der Waals surface area contributed by atoms with Crippen molar-refractivity contribution in [2.24, 2.45) is 5.92 Å². The lowest BCUT2D eigenvalue weighted by Crippen LogP contribution is -2.46. The van der Waals surface area contributed by atoms with Crippen LogP contribution in [0.4, 0.5) is 4.79 Å². The van der Waals surface area contributed by atoms with Gasteiger partial charge >= 0.3 is 6.03 Å². The molecule has 1 aliphatic rings. The summed E-state index contributed by atoms with van der Waals surface area (Å²) in [7, 11) is 0. The summed E-state index contributed by atoms with van der Waals surface area (Å²) in [6.07, 6.45) is 4.15. The van der Waals surface area contributed by atoms with Gasteiger partial charge in [-0.15, -0.1) is 0 Å². The van der Waals surface area contributed by atoms with Crippen LogP contribution in [0.5, 0.6) is 0 Å². The fourth-order valence-electron chi connectivity index (χ4n) is 3.55. The summed E-state index contributed by atoms with van der Waals surface area (Å²) in [5.74, 6) is 0.428. The maximum Gasteiger partial charge on any atom is 0.317 e. The fraction of sp³-hybridized carbons (Fsp3) is 0.435. The van der Waals surface area contributed by atoms with E-state index >= 15 is 0 Å². The zero-order valence-corrected chi connectivity index (χ0v) is 16.0. The van der Waals surface area contributed by atoms with E-state index in [9.17, 15) is 4.79 Å². The number of nitrogens with zero attached hydrogens (tertiary/aromatic N) is 1. The summed E-state index contributed by atoms with van der Waals surface area (Å²) in [5.41, 5.74) is 2.52. The van der Waals surface area contributed by atoms with E-state index in [1.54, 1.807) is 0 Å². The Hall–Kier alpha value is -2.33. The average molecular weight is 367 g/mol. The van der Waals surface area contributed by atoms with Gasteiger partial charge in [-0.3, -0.25) is 0 Å². The third-order valence-corrected chi connectivity index (χ3v) is 5.03. The van der Waals surface area contributed by atoms with Crippen molar-refractivity contribution in [2.75, 3.05) is 26.2 Å². The van der Waals surface area contributed by atoms with E-state index in [4.69, 9.17) is 4.74 Å². The predicted molar refractivity (Wildman–Crippen MR) is 109 cm³/mol. The fourth-order valence-corrected chi connectivity index (χ4v) is 3.55. The number of nitrogens with one attached hydrogen (secondary N) is 1. The number of rotatable bonds is 8. The van der Waals surface area contributed by atoms with Crippen LogP contribution < -0.4 is 5.32 Å². The molecule has 144 valence electrons. The van der Waals surface area contributed by atoms with Crippen LogP contribution in [0.3, 0.4) is 0 Å². The highest BCUT2D eigenvalue weighted by Crippen LogP contribution is 2.17. The molecule has 2 aromatic carbocycles. The number of hydrogen-bond donors (Lipinski definition) is 1. The van der Waals surface area contributed by atoms with Gasteiger partial charge in [0.05, 0.1) is 13.2 Å². The van der Waals surface area contributed by atoms with Gasteiger partial charge in [0.15, 0.2) is 0 Å². The number of aryl methyl sites for hydroxylation is 1. The molecule has 4 heteroatoms. The van der Waals surface area contributed by atoms with Crippen LogP contribution in [0.25, 0.3) is 0 Å². The van der Waals surface area contributed by atoms with E-state index in [0.29, 0.717) is 19.1 Å². The van der Waals surface area contributed by atoms with E-state index in [2.05, 4.69) is 41.7 Å². The molecule has 0 aliphatic carbocycles. The Morgan fingerprint density at radius 2 is 1.74 bits per heavy atom. The number of amides is 2.